The van der Waals surface area contributed by atoms with Gasteiger partial charge in [-0.2, -0.15) is 0 Å². The number of anilines is 1. The molecule has 0 bridgehead atoms. The van der Waals surface area contributed by atoms with E-state index in [1.165, 1.54) is 0 Å². The van der Waals surface area contributed by atoms with Crippen molar-refractivity contribution in [3.8, 4) is 11.5 Å². The van der Waals surface area contributed by atoms with Crippen LogP contribution in [0.3, 0.4) is 0 Å². The van der Waals surface area contributed by atoms with E-state index in [0.29, 0.717) is 12.3 Å². The van der Waals surface area contributed by atoms with Gasteiger partial charge in [-0.15, -0.1) is 0 Å². The first-order chi connectivity index (χ1) is 9.93. The van der Waals surface area contributed by atoms with Gasteiger partial charge < -0.3 is 15.2 Å². The van der Waals surface area contributed by atoms with Crippen LogP contribution in [0, 0.1) is 13.8 Å². The zero-order chi connectivity index (χ0) is 15.6. The van der Waals surface area contributed by atoms with Gasteiger partial charge in [-0.3, -0.25) is 0 Å². The Morgan fingerprint density at radius 2 is 1.76 bits per heavy atom. The third-order valence-electron chi connectivity index (χ3n) is 3.38. The molecule has 0 aliphatic heterocycles. The maximum absolute atomic E-state index is 9.97. The average molecular weight is 415 g/mol. The van der Waals surface area contributed by atoms with E-state index in [0.717, 1.165) is 37.1 Å². The predicted molar refractivity (Wildman–Crippen MR) is 93.3 cm³/mol. The molecule has 2 N–H and O–H groups in total. The van der Waals surface area contributed by atoms with Crippen molar-refractivity contribution in [2.75, 3.05) is 12.4 Å². The quantitative estimate of drug-likeness (QED) is 0.726. The molecule has 0 fully saturated rings. The Morgan fingerprint density at radius 1 is 1.14 bits per heavy atom. The number of aromatic hydroxyl groups is 1. The molecule has 0 saturated heterocycles. The molecule has 2 rings (SSSR count). The van der Waals surface area contributed by atoms with Gasteiger partial charge in [0.25, 0.3) is 0 Å². The molecule has 0 heterocycles. The third kappa shape index (κ3) is 3.52. The molecule has 21 heavy (non-hydrogen) atoms. The molecule has 2 aromatic carbocycles. The molecule has 0 aliphatic rings. The van der Waals surface area contributed by atoms with Crippen molar-refractivity contribution in [3.63, 3.8) is 0 Å². The number of ether oxygens (including phenoxy) is 1. The highest BCUT2D eigenvalue weighted by atomic mass is 79.9. The van der Waals surface area contributed by atoms with E-state index < -0.39 is 0 Å². The summed E-state index contributed by atoms with van der Waals surface area (Å²) in [5, 5.41) is 13.3. The number of hydrogen-bond acceptors (Lipinski definition) is 3. The topological polar surface area (TPSA) is 41.5 Å². The second-order valence-electron chi connectivity index (χ2n) is 4.85. The minimum atomic E-state index is 0.345. The Kier molecular flexibility index (Phi) is 5.17. The number of halogens is 2. The lowest BCUT2D eigenvalue weighted by Crippen LogP contribution is -2.02. The highest BCUT2D eigenvalue weighted by Crippen LogP contribution is 2.35. The number of benzene rings is 2. The molecule has 3 nitrogen and oxygen atoms in total. The largest absolute Gasteiger partial charge is 0.507 e. The first kappa shape index (κ1) is 16.2. The molecule has 5 heteroatoms. The van der Waals surface area contributed by atoms with Crippen molar-refractivity contribution in [2.24, 2.45) is 0 Å². The Labute approximate surface area is 141 Å². The summed E-state index contributed by atoms with van der Waals surface area (Å²) >= 11 is 6.99. The maximum atomic E-state index is 9.97. The van der Waals surface area contributed by atoms with Crippen LogP contribution in [0.15, 0.2) is 33.2 Å². The van der Waals surface area contributed by atoms with E-state index in [2.05, 4.69) is 37.2 Å². The molecule has 0 unspecified atom stereocenters. The zero-order valence-electron chi connectivity index (χ0n) is 12.1. The van der Waals surface area contributed by atoms with E-state index in [-0.39, 0.29) is 0 Å². The lowest BCUT2D eigenvalue weighted by molar-refractivity contribution is 0.409. The first-order valence-corrected chi connectivity index (χ1v) is 8.07. The van der Waals surface area contributed by atoms with Crippen LogP contribution < -0.4 is 10.1 Å². The number of aryl methyl sites for hydroxylation is 1. The molecule has 0 aliphatic carbocycles. The first-order valence-electron chi connectivity index (χ1n) is 6.49. The summed E-state index contributed by atoms with van der Waals surface area (Å²) in [4.78, 5) is 0. The van der Waals surface area contributed by atoms with E-state index in [9.17, 15) is 5.11 Å². The van der Waals surface area contributed by atoms with Crippen LogP contribution in [0.4, 0.5) is 5.69 Å². The van der Waals surface area contributed by atoms with Crippen molar-refractivity contribution in [1.29, 1.82) is 0 Å². The third-order valence-corrected chi connectivity index (χ3v) is 4.56. The molecular formula is C16H17Br2NO2. The van der Waals surface area contributed by atoms with Crippen molar-refractivity contribution < 1.29 is 9.84 Å². The summed E-state index contributed by atoms with van der Waals surface area (Å²) in [6.07, 6.45) is 0. The van der Waals surface area contributed by atoms with Gasteiger partial charge in [-0.25, -0.2) is 0 Å². The average Bonchev–Trinajstić information content (AvgIpc) is 2.44. The summed E-state index contributed by atoms with van der Waals surface area (Å²) in [6, 6.07) is 7.92. The fraction of sp³-hybridized carbons (Fsp3) is 0.250. The van der Waals surface area contributed by atoms with Crippen LogP contribution in [0.2, 0.25) is 0 Å². The summed E-state index contributed by atoms with van der Waals surface area (Å²) in [5.74, 6) is 1.13. The van der Waals surface area contributed by atoms with Crippen molar-refractivity contribution in [2.45, 2.75) is 20.4 Å². The van der Waals surface area contributed by atoms with E-state index >= 15 is 0 Å². The molecular weight excluding hydrogens is 398 g/mol. The Hall–Kier alpha value is -1.20. The van der Waals surface area contributed by atoms with Gasteiger partial charge in [-0.05, 0) is 75.0 Å². The Bertz CT molecular complexity index is 649. The monoisotopic (exact) mass is 413 g/mol. The predicted octanol–water partition coefficient (Wildman–Crippen LogP) is 5.15. The fourth-order valence-electron chi connectivity index (χ4n) is 2.13. The highest BCUT2D eigenvalue weighted by Gasteiger charge is 2.09. The lowest BCUT2D eigenvalue weighted by Gasteiger charge is -2.14. The molecule has 0 radical (unpaired) electrons. The van der Waals surface area contributed by atoms with Gasteiger partial charge in [0, 0.05) is 17.8 Å². The van der Waals surface area contributed by atoms with Gasteiger partial charge in [0.15, 0.2) is 0 Å². The van der Waals surface area contributed by atoms with E-state index in [1.54, 1.807) is 7.11 Å². The van der Waals surface area contributed by atoms with Gasteiger partial charge in [0.05, 0.1) is 16.1 Å². The Balaban J connectivity index is 2.19. The van der Waals surface area contributed by atoms with E-state index in [4.69, 9.17) is 4.74 Å². The second-order valence-corrected chi connectivity index (χ2v) is 6.56. The molecule has 0 atom stereocenters. The Morgan fingerprint density at radius 3 is 2.33 bits per heavy atom. The number of hydrogen-bond donors (Lipinski definition) is 2. The molecule has 0 spiro atoms. The van der Waals surface area contributed by atoms with Gasteiger partial charge >= 0.3 is 0 Å². The normalized spacial score (nSPS) is 10.5. The second kappa shape index (κ2) is 6.71. The van der Waals surface area contributed by atoms with Crippen LogP contribution in [-0.4, -0.2) is 12.2 Å². The van der Waals surface area contributed by atoms with Crippen molar-refractivity contribution in [3.05, 3.63) is 49.9 Å². The minimum Gasteiger partial charge on any atom is -0.507 e. The summed E-state index contributed by atoms with van der Waals surface area (Å²) in [6.45, 7) is 4.46. The minimum absolute atomic E-state index is 0.345. The summed E-state index contributed by atoms with van der Waals surface area (Å²) in [5.41, 5.74) is 3.78. The van der Waals surface area contributed by atoms with Gasteiger partial charge in [0.1, 0.15) is 11.5 Å². The van der Waals surface area contributed by atoms with Crippen molar-refractivity contribution >= 4 is 37.5 Å². The fourth-order valence-corrected chi connectivity index (χ4v) is 3.74. The number of rotatable bonds is 4. The van der Waals surface area contributed by atoms with Crippen LogP contribution in [0.5, 0.6) is 11.5 Å². The molecule has 2 aromatic rings. The van der Waals surface area contributed by atoms with Crippen molar-refractivity contribution in [1.82, 2.24) is 0 Å². The molecule has 0 aromatic heterocycles. The summed E-state index contributed by atoms with van der Waals surface area (Å²) in [7, 11) is 1.64. The lowest BCUT2D eigenvalue weighted by atomic mass is 10.1. The standard InChI is InChI=1S/C16H17Br2NO2/c1-9-4-5-14(10(2)15(9)20)19-8-11-6-12(17)16(21-3)13(18)7-11/h4-7,19-20H,8H2,1-3H3. The van der Waals surface area contributed by atoms with Gasteiger partial charge in [0.2, 0.25) is 0 Å². The number of phenols is 1. The van der Waals surface area contributed by atoms with Crippen LogP contribution in [0.25, 0.3) is 0 Å². The van der Waals surface area contributed by atoms with Crippen LogP contribution in [0.1, 0.15) is 16.7 Å². The van der Waals surface area contributed by atoms with E-state index in [1.807, 2.05) is 38.1 Å². The molecule has 0 amide bonds. The highest BCUT2D eigenvalue weighted by molar-refractivity contribution is 9.11. The van der Waals surface area contributed by atoms with Crippen LogP contribution >= 0.6 is 31.9 Å². The van der Waals surface area contributed by atoms with Gasteiger partial charge in [-0.1, -0.05) is 6.07 Å². The maximum Gasteiger partial charge on any atom is 0.147 e. The summed E-state index contributed by atoms with van der Waals surface area (Å²) < 4.78 is 7.10. The number of nitrogens with one attached hydrogen (secondary N) is 1. The molecule has 0 saturated carbocycles. The molecule has 112 valence electrons. The smallest absolute Gasteiger partial charge is 0.147 e. The SMILES string of the molecule is COc1c(Br)cc(CNc2ccc(C)c(O)c2C)cc1Br. The van der Waals surface area contributed by atoms with Crippen LogP contribution in [-0.2, 0) is 6.54 Å². The number of methoxy groups -OCH3 is 1. The number of phenolic OH excluding ortho intramolecular Hbond substituents is 1. The zero-order valence-corrected chi connectivity index (χ0v) is 15.3.